The quantitative estimate of drug-likeness (QED) is 0.277. The van der Waals surface area contributed by atoms with Crippen molar-refractivity contribution < 1.29 is 29.1 Å². The standard InChI is InChI=1S/C9H13N2O8PSe/c12-5-1-2-11(9(15)10-5)8-7(14)6(13)4(21-8)3-19-20(16,17)18/h1-2,4,6-8,13-14H,3H2,(H,10,12,15)(H2,16,17,18)/t4-,6-,7-,8-/m1/s1. The molecule has 0 saturated carbocycles. The van der Waals surface area contributed by atoms with Gasteiger partial charge < -0.3 is 0 Å². The molecular weight excluding hydrogens is 374 g/mol. The predicted molar refractivity (Wildman–Crippen MR) is 69.9 cm³/mol. The summed E-state index contributed by atoms with van der Waals surface area (Å²) in [5, 5.41) is 19.8. The number of hydrogen-bond acceptors (Lipinski definition) is 6. The molecule has 0 amide bonds. The molecule has 0 unspecified atom stereocenters. The molecule has 0 aliphatic carbocycles. The Morgan fingerprint density at radius 2 is 2.00 bits per heavy atom. The van der Waals surface area contributed by atoms with E-state index in [0.29, 0.717) is 0 Å². The third-order valence-corrected chi connectivity index (χ3v) is 6.61. The van der Waals surface area contributed by atoms with Crippen LogP contribution in [0, 0.1) is 0 Å². The van der Waals surface area contributed by atoms with Crippen molar-refractivity contribution in [3.05, 3.63) is 33.1 Å². The number of aliphatic hydroxyl groups is 2. The molecule has 1 aliphatic rings. The van der Waals surface area contributed by atoms with Gasteiger partial charge in [-0.25, -0.2) is 0 Å². The van der Waals surface area contributed by atoms with Gasteiger partial charge in [0.05, 0.1) is 0 Å². The number of nitrogens with zero attached hydrogens (tertiary/aromatic N) is 1. The molecule has 0 bridgehead atoms. The summed E-state index contributed by atoms with van der Waals surface area (Å²) in [5.74, 6) is 0. The first kappa shape index (κ1) is 16.6. The summed E-state index contributed by atoms with van der Waals surface area (Å²) in [5.41, 5.74) is -1.31. The fourth-order valence-electron chi connectivity index (χ4n) is 1.89. The summed E-state index contributed by atoms with van der Waals surface area (Å²) >= 11 is -0.573. The molecule has 12 heteroatoms. The van der Waals surface area contributed by atoms with E-state index in [2.05, 4.69) is 4.52 Å². The Kier molecular flexibility index (Phi) is 4.86. The van der Waals surface area contributed by atoms with Crippen LogP contribution in [0.4, 0.5) is 0 Å². The summed E-state index contributed by atoms with van der Waals surface area (Å²) in [4.78, 5) is 40.5. The van der Waals surface area contributed by atoms with E-state index in [1.165, 1.54) is 6.20 Å². The predicted octanol–water partition coefficient (Wildman–Crippen LogP) is -2.63. The SMILES string of the molecule is O=c1ccn([C@@H]2[Se][C@H](COP(=O)(O)O)[C@@H](O)[C@H]2O)c(=O)[nH]1. The Bertz CT molecular complexity index is 668. The summed E-state index contributed by atoms with van der Waals surface area (Å²) in [6.45, 7) is -0.433. The molecule has 2 rings (SSSR count). The molecule has 4 atom stereocenters. The van der Waals surface area contributed by atoms with Crippen molar-refractivity contribution in [2.45, 2.75) is 22.0 Å². The van der Waals surface area contributed by atoms with Crippen molar-refractivity contribution in [2.24, 2.45) is 0 Å². The van der Waals surface area contributed by atoms with Gasteiger partial charge in [-0.05, 0) is 0 Å². The molecule has 1 aromatic heterocycles. The molecule has 118 valence electrons. The molecule has 0 radical (unpaired) electrons. The molecule has 0 spiro atoms. The number of hydrogen-bond donors (Lipinski definition) is 5. The van der Waals surface area contributed by atoms with Crippen molar-refractivity contribution in [2.75, 3.05) is 6.61 Å². The Morgan fingerprint density at radius 1 is 1.33 bits per heavy atom. The number of rotatable bonds is 4. The average molecular weight is 387 g/mol. The number of aromatic amines is 1. The van der Waals surface area contributed by atoms with Crippen LogP contribution in [-0.2, 0) is 9.09 Å². The molecule has 21 heavy (non-hydrogen) atoms. The first-order valence-corrected chi connectivity index (χ1v) is 9.23. The van der Waals surface area contributed by atoms with Crippen LogP contribution in [0.3, 0.4) is 0 Å². The first-order chi connectivity index (χ1) is 9.69. The van der Waals surface area contributed by atoms with E-state index >= 15 is 0 Å². The van der Waals surface area contributed by atoms with E-state index in [1.54, 1.807) is 0 Å². The van der Waals surface area contributed by atoms with E-state index in [1.807, 2.05) is 4.98 Å². The zero-order valence-electron chi connectivity index (χ0n) is 10.4. The number of phosphoric acid groups is 1. The van der Waals surface area contributed by atoms with Gasteiger partial charge in [-0.3, -0.25) is 0 Å². The molecule has 2 heterocycles. The molecule has 0 aromatic carbocycles. The van der Waals surface area contributed by atoms with Gasteiger partial charge in [-0.15, -0.1) is 0 Å². The minimum atomic E-state index is -4.67. The van der Waals surface area contributed by atoms with Crippen molar-refractivity contribution >= 4 is 22.8 Å². The van der Waals surface area contributed by atoms with Crippen molar-refractivity contribution in [3.63, 3.8) is 0 Å². The maximum absolute atomic E-state index is 11.7. The van der Waals surface area contributed by atoms with Crippen LogP contribution in [0.15, 0.2) is 21.9 Å². The third kappa shape index (κ3) is 3.91. The number of aromatic nitrogens is 2. The maximum atomic E-state index is 11.7. The van der Waals surface area contributed by atoms with Gasteiger partial charge in [0.1, 0.15) is 0 Å². The van der Waals surface area contributed by atoms with Crippen LogP contribution >= 0.6 is 7.82 Å². The van der Waals surface area contributed by atoms with Gasteiger partial charge in [-0.2, -0.15) is 0 Å². The topological polar surface area (TPSA) is 162 Å². The van der Waals surface area contributed by atoms with Crippen molar-refractivity contribution in [1.82, 2.24) is 9.55 Å². The number of H-pyrrole nitrogens is 1. The average Bonchev–Trinajstić information content (AvgIpc) is 2.64. The molecule has 1 fully saturated rings. The number of phosphoric ester groups is 1. The second-order valence-corrected chi connectivity index (χ2v) is 8.44. The number of aliphatic hydroxyl groups excluding tert-OH is 2. The van der Waals surface area contributed by atoms with Gasteiger partial charge in [0.25, 0.3) is 0 Å². The summed E-state index contributed by atoms with van der Waals surface area (Å²) in [6, 6.07) is 1.11. The van der Waals surface area contributed by atoms with Crippen LogP contribution in [0.5, 0.6) is 0 Å². The molecule has 1 aromatic rings. The Balaban J connectivity index is 2.18. The second kappa shape index (κ2) is 6.15. The van der Waals surface area contributed by atoms with Gasteiger partial charge in [0, 0.05) is 0 Å². The second-order valence-electron chi connectivity index (χ2n) is 4.35. The van der Waals surface area contributed by atoms with Gasteiger partial charge >= 0.3 is 123 Å². The molecule has 5 N–H and O–H groups in total. The molecule has 1 saturated heterocycles. The Morgan fingerprint density at radius 3 is 2.57 bits per heavy atom. The van der Waals surface area contributed by atoms with E-state index < -0.39 is 62.6 Å². The van der Waals surface area contributed by atoms with Crippen molar-refractivity contribution in [3.8, 4) is 0 Å². The van der Waals surface area contributed by atoms with E-state index in [-0.39, 0.29) is 0 Å². The zero-order chi connectivity index (χ0) is 15.8. The van der Waals surface area contributed by atoms with Crippen LogP contribution in [0.1, 0.15) is 4.94 Å². The molecule has 10 nitrogen and oxygen atoms in total. The van der Waals surface area contributed by atoms with Crippen molar-refractivity contribution in [1.29, 1.82) is 0 Å². The monoisotopic (exact) mass is 388 g/mol. The van der Waals surface area contributed by atoms with Gasteiger partial charge in [0.15, 0.2) is 0 Å². The van der Waals surface area contributed by atoms with Gasteiger partial charge in [-0.1, -0.05) is 0 Å². The number of nitrogens with one attached hydrogen (secondary N) is 1. The fraction of sp³-hybridized carbons (Fsp3) is 0.556. The van der Waals surface area contributed by atoms with Crippen LogP contribution in [0.25, 0.3) is 0 Å². The normalized spacial score (nSPS) is 29.7. The Labute approximate surface area is 123 Å². The Hall–Kier alpha value is -0.771. The van der Waals surface area contributed by atoms with Crippen LogP contribution in [-0.4, -0.2) is 63.3 Å². The van der Waals surface area contributed by atoms with Crippen LogP contribution in [0.2, 0.25) is 4.82 Å². The summed E-state index contributed by atoms with van der Waals surface area (Å²) in [7, 11) is -4.67. The molecule has 1 aliphatic heterocycles. The van der Waals surface area contributed by atoms with E-state index in [0.717, 1.165) is 10.6 Å². The summed E-state index contributed by atoms with van der Waals surface area (Å²) < 4.78 is 16.1. The summed E-state index contributed by atoms with van der Waals surface area (Å²) in [6.07, 6.45) is -1.37. The fourth-order valence-corrected chi connectivity index (χ4v) is 5.51. The van der Waals surface area contributed by atoms with Crippen LogP contribution < -0.4 is 11.2 Å². The third-order valence-electron chi connectivity index (χ3n) is 2.87. The van der Waals surface area contributed by atoms with E-state index in [4.69, 9.17) is 9.79 Å². The minimum absolute atomic E-state index is 0.433. The molecular formula is C9H13N2O8PSe. The first-order valence-electron chi connectivity index (χ1n) is 5.72. The zero-order valence-corrected chi connectivity index (χ0v) is 13.0. The van der Waals surface area contributed by atoms with E-state index in [9.17, 15) is 24.4 Å². The van der Waals surface area contributed by atoms with Gasteiger partial charge in [0.2, 0.25) is 0 Å².